The van der Waals surface area contributed by atoms with Crippen molar-refractivity contribution >= 4 is 196 Å². The van der Waals surface area contributed by atoms with E-state index in [-0.39, 0.29) is 110 Å². The Bertz CT molecular complexity index is 7770. The van der Waals surface area contributed by atoms with Gasteiger partial charge in [-0.15, -0.1) is 0 Å². The van der Waals surface area contributed by atoms with Gasteiger partial charge in [0.05, 0.1) is 136 Å². The lowest BCUT2D eigenvalue weighted by Gasteiger charge is -2.19. The number of nitrogens with one attached hydrogen (secondary N) is 4. The van der Waals surface area contributed by atoms with Gasteiger partial charge in [-0.2, -0.15) is 0 Å². The predicted octanol–water partition coefficient (Wildman–Crippen LogP) is 19.0. The summed E-state index contributed by atoms with van der Waals surface area (Å²) in [7, 11) is 13.2. The number of carbonyl (C=O) groups is 8. The number of aryl methyl sites for hydroxylation is 6. The van der Waals surface area contributed by atoms with Gasteiger partial charge >= 0.3 is 23.9 Å². The molecule has 16 aromatic rings. The molecule has 8 aromatic heterocycles. The molecular weight excluding hydrogens is 2040 g/mol. The second-order valence-electron chi connectivity index (χ2n) is 32.9. The molecule has 29 nitrogen and oxygen atoms in total. The fourth-order valence-corrected chi connectivity index (χ4v) is 19.0. The molecular formula is C107H89Cl9N12O17. The molecule has 0 saturated heterocycles. The number of ether oxygens (including phenoxy) is 5. The number of nitrogens with zero attached hydrogens (tertiary/aromatic N) is 8. The van der Waals surface area contributed by atoms with E-state index in [0.29, 0.717) is 99.2 Å². The van der Waals surface area contributed by atoms with Crippen molar-refractivity contribution in [2.45, 2.75) is 63.7 Å². The first-order valence-corrected chi connectivity index (χ1v) is 47.5. The molecule has 4 N–H and O–H groups in total. The van der Waals surface area contributed by atoms with Gasteiger partial charge in [0.1, 0.15) is 29.9 Å². The van der Waals surface area contributed by atoms with Crippen LogP contribution in [0.25, 0.3) is 88.1 Å². The van der Waals surface area contributed by atoms with Gasteiger partial charge in [-0.3, -0.25) is 58.3 Å². The van der Waals surface area contributed by atoms with Crippen LogP contribution < -0.4 is 48.2 Å². The lowest BCUT2D eigenvalue weighted by molar-refractivity contribution is -0.143. The van der Waals surface area contributed by atoms with E-state index in [9.17, 15) is 57.5 Å². The molecule has 8 aromatic carbocycles. The predicted molar refractivity (Wildman–Crippen MR) is 564 cm³/mol. The third-order valence-corrected chi connectivity index (χ3v) is 26.3. The van der Waals surface area contributed by atoms with Crippen molar-refractivity contribution in [3.63, 3.8) is 0 Å². The summed E-state index contributed by atoms with van der Waals surface area (Å²) < 4.78 is 31.2. The van der Waals surface area contributed by atoms with Gasteiger partial charge in [0.25, 0.3) is 45.9 Å². The van der Waals surface area contributed by atoms with Crippen molar-refractivity contribution in [2.75, 3.05) is 35.5 Å². The summed E-state index contributed by atoms with van der Waals surface area (Å²) in [5, 5.41) is 15.3. The van der Waals surface area contributed by atoms with Crippen LogP contribution in [-0.4, -0.2) is 145 Å². The molecule has 2 unspecified atom stereocenters. The molecule has 0 spiro atoms. The lowest BCUT2D eigenvalue weighted by Crippen LogP contribution is -2.43. The Labute approximate surface area is 874 Å². The Kier molecular flexibility index (Phi) is 35.8. The summed E-state index contributed by atoms with van der Waals surface area (Å²) in [4.78, 5) is 172. The summed E-state index contributed by atoms with van der Waals surface area (Å²) in [6, 6.07) is 50.5. The van der Waals surface area contributed by atoms with Crippen LogP contribution >= 0.6 is 104 Å². The first kappa shape index (κ1) is 108. The molecule has 742 valence electrons. The quantitative estimate of drug-likeness (QED) is 0.0305. The number of methoxy groups -OCH3 is 5. The van der Waals surface area contributed by atoms with Crippen molar-refractivity contribution in [3.05, 3.63) is 386 Å². The Morgan fingerprint density at radius 1 is 0.310 bits per heavy atom. The van der Waals surface area contributed by atoms with Crippen LogP contribution in [0, 0.1) is 13.8 Å². The zero-order chi connectivity index (χ0) is 105. The average Bonchev–Trinajstić information content (AvgIpc) is 0.792. The molecule has 0 aliphatic rings. The molecule has 0 radical (unpaired) electrons. The van der Waals surface area contributed by atoms with E-state index in [4.69, 9.17) is 128 Å². The van der Waals surface area contributed by atoms with Crippen molar-refractivity contribution < 1.29 is 62.0 Å². The summed E-state index contributed by atoms with van der Waals surface area (Å²) in [5.41, 5.74) is 11.1. The zero-order valence-electron chi connectivity index (χ0n) is 79.2. The molecule has 38 heteroatoms. The number of hydrogen-bond donors (Lipinski definition) is 4. The van der Waals surface area contributed by atoms with Crippen LogP contribution in [0.1, 0.15) is 74.8 Å². The molecule has 4 amide bonds. The molecule has 145 heavy (non-hydrogen) atoms. The van der Waals surface area contributed by atoms with Crippen LogP contribution in [0.5, 0.6) is 5.75 Å². The number of amides is 4. The third-order valence-electron chi connectivity index (χ3n) is 23.5. The summed E-state index contributed by atoms with van der Waals surface area (Å²) in [6.45, 7) is 3.81. The number of halogens is 9. The van der Waals surface area contributed by atoms with E-state index in [1.807, 2.05) is 62.4 Å². The van der Waals surface area contributed by atoms with Gasteiger partial charge in [-0.1, -0.05) is 201 Å². The van der Waals surface area contributed by atoms with Crippen molar-refractivity contribution in [3.8, 4) is 50.3 Å². The molecule has 16 rings (SSSR count). The standard InChI is InChI=1S/C27H23Cl2N3O5.2C27H23Cl2N3O4.C26H20Cl3N3O4/c1-32-13-11-21(36-2)22(26(32)34)16-10-9-15(24-17(16)6-5-12-30-24)14-20(27(35)37-3)31-25(33)23-18(28)7-4-8-19(23)29;1-15-11-13-32(2)26(34)22(15)17-10-9-16(24-18(17)6-5-12-30-24)14-21(27(35)36-3)31-25(33)23-19(28)7-4-8-20(23)29;1-15-12-19(26(34)32(2)14-15)17-10-9-16(24-18(17)6-5-11-30-24)13-22(27(35)36-3)31-25(33)23-20(28)7-4-8-21(23)29;1-32-13-15(27)12-18(25(32)34)16-9-8-14(23-17(16)5-4-10-30-23)11-21(26(35)36-2)31-24(33)22-19(28)6-3-7-20(22)29/h4-13,20H,14H2,1-3H3,(H,31,33);4-13,21H,14H2,1-3H3,(H,31,33);4-12,14,22H,13H2,1-3H3,(H,31,33);3-10,12-13,21H,11H2,1-2H3,(H,31,33)/t;;22-;21-/m..00/s1. The first-order chi connectivity index (χ1) is 69.4. The van der Waals surface area contributed by atoms with Crippen molar-refractivity contribution in [1.29, 1.82) is 0 Å². The van der Waals surface area contributed by atoms with Crippen LogP contribution in [-0.2, 0) is 92.0 Å². The highest BCUT2D eigenvalue weighted by atomic mass is 35.5. The summed E-state index contributed by atoms with van der Waals surface area (Å²) >= 11 is 55.6. The highest BCUT2D eigenvalue weighted by Gasteiger charge is 2.33. The van der Waals surface area contributed by atoms with Gasteiger partial charge < -0.3 is 63.2 Å². The lowest BCUT2D eigenvalue weighted by atomic mass is 9.94. The fourth-order valence-electron chi connectivity index (χ4n) is 16.5. The smallest absolute Gasteiger partial charge is 0.328 e. The minimum absolute atomic E-state index is 0.0601. The second kappa shape index (κ2) is 48.2. The van der Waals surface area contributed by atoms with Crippen LogP contribution in [0.2, 0.25) is 45.2 Å². The minimum atomic E-state index is -1.06. The highest BCUT2D eigenvalue weighted by Crippen LogP contribution is 2.39. The first-order valence-electron chi connectivity index (χ1n) is 44.1. The van der Waals surface area contributed by atoms with E-state index in [1.165, 1.54) is 79.7 Å². The largest absolute Gasteiger partial charge is 0.496 e. The maximum absolute atomic E-state index is 13.0. The van der Waals surface area contributed by atoms with Gasteiger partial charge in [0, 0.05) is 142 Å². The van der Waals surface area contributed by atoms with E-state index in [1.54, 1.807) is 197 Å². The van der Waals surface area contributed by atoms with Gasteiger partial charge in [0.15, 0.2) is 0 Å². The number of carbonyl (C=O) groups excluding carboxylic acids is 8. The van der Waals surface area contributed by atoms with E-state index < -0.39 is 71.7 Å². The van der Waals surface area contributed by atoms with Crippen LogP contribution in [0.3, 0.4) is 0 Å². The molecule has 8 heterocycles. The maximum atomic E-state index is 13.0. The van der Waals surface area contributed by atoms with Crippen LogP contribution in [0.4, 0.5) is 0 Å². The van der Waals surface area contributed by atoms with Crippen molar-refractivity contribution in [1.82, 2.24) is 59.5 Å². The Hall–Kier alpha value is -14.6. The van der Waals surface area contributed by atoms with Gasteiger partial charge in [-0.25, -0.2) is 19.2 Å². The number of aromatic nitrogens is 8. The maximum Gasteiger partial charge on any atom is 0.328 e. The van der Waals surface area contributed by atoms with Crippen LogP contribution in [0.15, 0.2) is 263 Å². The monoisotopic (exact) mass is 2130 g/mol. The normalized spacial score (nSPS) is 11.8. The molecule has 0 saturated carbocycles. The van der Waals surface area contributed by atoms with E-state index >= 15 is 0 Å². The number of benzene rings is 8. The number of pyridine rings is 8. The van der Waals surface area contributed by atoms with Gasteiger partial charge in [0.2, 0.25) is 0 Å². The minimum Gasteiger partial charge on any atom is -0.496 e. The highest BCUT2D eigenvalue weighted by molar-refractivity contribution is 6.42. The fraction of sp³-hybridized carbons (Fsp3) is 0.178. The number of rotatable bonds is 25. The molecule has 0 aliphatic carbocycles. The Morgan fingerprint density at radius 3 is 0.897 bits per heavy atom. The Balaban J connectivity index is 0.000000162. The van der Waals surface area contributed by atoms with E-state index in [2.05, 4.69) is 41.2 Å². The molecule has 0 aliphatic heterocycles. The number of esters is 4. The third kappa shape index (κ3) is 24.4. The topological polar surface area (TPSA) is 370 Å². The number of fused-ring (bicyclic) bond motifs is 4. The molecule has 0 fully saturated rings. The van der Waals surface area contributed by atoms with E-state index in [0.717, 1.165) is 33.0 Å². The Morgan fingerprint density at radius 2 is 0.586 bits per heavy atom. The average molecular weight is 2130 g/mol. The molecule has 4 atom stereocenters. The summed E-state index contributed by atoms with van der Waals surface area (Å²) in [5.74, 6) is -4.56. The zero-order valence-corrected chi connectivity index (χ0v) is 86.0. The second-order valence-corrected chi connectivity index (χ2v) is 36.6. The molecule has 0 bridgehead atoms. The van der Waals surface area contributed by atoms with Gasteiger partial charge in [-0.05, 0) is 161 Å². The SMILES string of the molecule is COC(=O)C(Cc1ccc(-c2c(C)ccn(C)c2=O)c2cccnc12)NC(=O)c1c(Cl)cccc1Cl.COC(=O)C(Cc1ccc(-c2c(OC)ccn(C)c2=O)c2cccnc12)NC(=O)c1c(Cl)cccc1Cl.COC(=O)[C@H](Cc1ccc(-c2cc(C)cn(C)c2=O)c2cccnc12)NC(=O)c1c(Cl)cccc1Cl.COC(=O)[C@H](Cc1ccc(-c2cc(Cl)cn(C)c2=O)c2cccnc12)NC(=O)c1c(Cl)cccc1Cl. The number of hydrogen-bond acceptors (Lipinski definition) is 21. The van der Waals surface area contributed by atoms with Crippen molar-refractivity contribution in [2.24, 2.45) is 28.2 Å². The summed E-state index contributed by atoms with van der Waals surface area (Å²) in [6.07, 6.45) is 13.5.